The van der Waals surface area contributed by atoms with Gasteiger partial charge < -0.3 is 16.0 Å². The molecule has 1 aromatic rings. The standard InChI is InChI=1S/C13H19N3/c14-6-5-10-3-1-2-4-13(10)16-8-11-7-12(9-16)15-11/h1-4,11-12,15H,5-9,14H2. The van der Waals surface area contributed by atoms with Gasteiger partial charge in [-0.1, -0.05) is 18.2 Å². The molecule has 2 unspecified atom stereocenters. The summed E-state index contributed by atoms with van der Waals surface area (Å²) in [5.74, 6) is 0. The van der Waals surface area contributed by atoms with Crippen molar-refractivity contribution in [2.75, 3.05) is 24.5 Å². The van der Waals surface area contributed by atoms with Crippen LogP contribution < -0.4 is 16.0 Å². The fraction of sp³-hybridized carbons (Fsp3) is 0.538. The van der Waals surface area contributed by atoms with Gasteiger partial charge in [-0.25, -0.2) is 0 Å². The average molecular weight is 217 g/mol. The van der Waals surface area contributed by atoms with Crippen LogP contribution in [0.3, 0.4) is 0 Å². The summed E-state index contributed by atoms with van der Waals surface area (Å²) in [6.07, 6.45) is 2.34. The normalized spacial score (nSPS) is 27.7. The van der Waals surface area contributed by atoms with Gasteiger partial charge in [-0.3, -0.25) is 0 Å². The molecule has 16 heavy (non-hydrogen) atoms. The predicted octanol–water partition coefficient (Wildman–Crippen LogP) is 0.738. The zero-order valence-corrected chi connectivity index (χ0v) is 9.52. The predicted molar refractivity (Wildman–Crippen MR) is 66.7 cm³/mol. The van der Waals surface area contributed by atoms with Crippen molar-refractivity contribution in [3.8, 4) is 0 Å². The molecule has 3 heterocycles. The van der Waals surface area contributed by atoms with Crippen LogP contribution in [0.1, 0.15) is 12.0 Å². The van der Waals surface area contributed by atoms with Crippen LogP contribution in [-0.4, -0.2) is 31.7 Å². The van der Waals surface area contributed by atoms with Crippen molar-refractivity contribution in [3.63, 3.8) is 0 Å². The van der Waals surface area contributed by atoms with Crippen LogP contribution in [0.4, 0.5) is 5.69 Å². The second-order valence-electron chi connectivity index (χ2n) is 4.87. The van der Waals surface area contributed by atoms with Gasteiger partial charge in [0.2, 0.25) is 0 Å². The fourth-order valence-electron chi connectivity index (χ4n) is 2.90. The van der Waals surface area contributed by atoms with E-state index < -0.39 is 0 Å². The molecular formula is C13H19N3. The van der Waals surface area contributed by atoms with Gasteiger partial charge in [0.05, 0.1) is 0 Å². The number of nitrogens with two attached hydrogens (primary N) is 1. The minimum Gasteiger partial charge on any atom is -0.368 e. The molecule has 0 saturated carbocycles. The van der Waals surface area contributed by atoms with E-state index in [-0.39, 0.29) is 0 Å². The zero-order valence-electron chi connectivity index (χ0n) is 9.52. The summed E-state index contributed by atoms with van der Waals surface area (Å²) in [5, 5.41) is 3.56. The summed E-state index contributed by atoms with van der Waals surface area (Å²) < 4.78 is 0. The lowest BCUT2D eigenvalue weighted by molar-refractivity contribution is 0.225. The maximum Gasteiger partial charge on any atom is 0.0400 e. The Kier molecular flexibility index (Phi) is 2.58. The number of piperazine rings is 1. The summed E-state index contributed by atoms with van der Waals surface area (Å²) in [4.78, 5) is 2.51. The van der Waals surface area contributed by atoms with Crippen LogP contribution in [0.2, 0.25) is 0 Å². The van der Waals surface area contributed by atoms with E-state index in [1.807, 2.05) is 0 Å². The number of anilines is 1. The first-order valence-electron chi connectivity index (χ1n) is 6.16. The average Bonchev–Trinajstić information content (AvgIpc) is 2.29. The van der Waals surface area contributed by atoms with Crippen LogP contribution in [0.5, 0.6) is 0 Å². The van der Waals surface area contributed by atoms with Crippen LogP contribution >= 0.6 is 0 Å². The molecule has 3 aliphatic rings. The molecule has 2 atom stereocenters. The van der Waals surface area contributed by atoms with Crippen molar-refractivity contribution in [2.24, 2.45) is 5.73 Å². The zero-order chi connectivity index (χ0) is 11.0. The number of nitrogens with one attached hydrogen (secondary N) is 1. The van der Waals surface area contributed by atoms with E-state index in [0.717, 1.165) is 26.1 Å². The van der Waals surface area contributed by atoms with Crippen LogP contribution in [0, 0.1) is 0 Å². The van der Waals surface area contributed by atoms with Gasteiger partial charge in [-0.2, -0.15) is 0 Å². The Morgan fingerprint density at radius 2 is 1.94 bits per heavy atom. The van der Waals surface area contributed by atoms with Crippen molar-refractivity contribution in [1.82, 2.24) is 5.32 Å². The minimum atomic E-state index is 0.713. The van der Waals surface area contributed by atoms with E-state index >= 15 is 0 Å². The molecule has 0 radical (unpaired) electrons. The molecule has 3 fully saturated rings. The molecule has 0 aliphatic carbocycles. The first-order valence-corrected chi connectivity index (χ1v) is 6.16. The minimum absolute atomic E-state index is 0.713. The topological polar surface area (TPSA) is 41.3 Å². The van der Waals surface area contributed by atoms with Crippen molar-refractivity contribution < 1.29 is 0 Å². The van der Waals surface area contributed by atoms with Gasteiger partial charge in [0.1, 0.15) is 0 Å². The molecule has 4 rings (SSSR count). The third-order valence-corrected chi connectivity index (χ3v) is 3.67. The van der Waals surface area contributed by atoms with Crippen LogP contribution in [0.15, 0.2) is 24.3 Å². The highest BCUT2D eigenvalue weighted by atomic mass is 15.3. The maximum absolute atomic E-state index is 5.66. The second kappa shape index (κ2) is 4.07. The number of para-hydroxylation sites is 1. The van der Waals surface area contributed by atoms with E-state index in [0.29, 0.717) is 12.1 Å². The maximum atomic E-state index is 5.66. The van der Waals surface area contributed by atoms with Gasteiger partial charge >= 0.3 is 0 Å². The molecule has 3 N–H and O–H groups in total. The number of fused-ring (bicyclic) bond motifs is 2. The molecule has 1 aromatic carbocycles. The van der Waals surface area contributed by atoms with E-state index in [4.69, 9.17) is 5.73 Å². The Bertz CT molecular complexity index is 361. The SMILES string of the molecule is NCCc1ccccc1N1CC2CC(C1)N2. The number of benzene rings is 1. The number of nitrogens with zero attached hydrogens (tertiary/aromatic N) is 1. The second-order valence-corrected chi connectivity index (χ2v) is 4.87. The molecular weight excluding hydrogens is 198 g/mol. The van der Waals surface area contributed by atoms with E-state index in [1.165, 1.54) is 17.7 Å². The van der Waals surface area contributed by atoms with E-state index in [1.54, 1.807) is 0 Å². The lowest BCUT2D eigenvalue weighted by Gasteiger charge is -2.49. The monoisotopic (exact) mass is 217 g/mol. The lowest BCUT2D eigenvalue weighted by atomic mass is 9.90. The fourth-order valence-corrected chi connectivity index (χ4v) is 2.90. The van der Waals surface area contributed by atoms with Gasteiger partial charge in [0, 0.05) is 30.9 Å². The van der Waals surface area contributed by atoms with E-state index in [9.17, 15) is 0 Å². The Morgan fingerprint density at radius 3 is 2.62 bits per heavy atom. The Hall–Kier alpha value is -1.06. The first kappa shape index (κ1) is 10.1. The largest absolute Gasteiger partial charge is 0.368 e. The Balaban J connectivity index is 1.82. The summed E-state index contributed by atoms with van der Waals surface area (Å²) >= 11 is 0. The molecule has 86 valence electrons. The van der Waals surface area contributed by atoms with Crippen molar-refractivity contribution in [1.29, 1.82) is 0 Å². The molecule has 0 amide bonds. The summed E-state index contributed by atoms with van der Waals surface area (Å²) in [7, 11) is 0. The number of hydrogen-bond acceptors (Lipinski definition) is 3. The molecule has 0 aromatic heterocycles. The summed E-state index contributed by atoms with van der Waals surface area (Å²) in [6.45, 7) is 3.03. The van der Waals surface area contributed by atoms with Crippen LogP contribution in [-0.2, 0) is 6.42 Å². The highest BCUT2D eigenvalue weighted by Crippen LogP contribution is 2.28. The van der Waals surface area contributed by atoms with Crippen molar-refractivity contribution in [3.05, 3.63) is 29.8 Å². The molecule has 3 aliphatic heterocycles. The number of piperidine rings is 1. The number of rotatable bonds is 3. The highest BCUT2D eigenvalue weighted by molar-refractivity contribution is 5.55. The Labute approximate surface area is 96.6 Å². The smallest absolute Gasteiger partial charge is 0.0400 e. The summed E-state index contributed by atoms with van der Waals surface area (Å²) in [6, 6.07) is 10.1. The molecule has 3 saturated heterocycles. The Morgan fingerprint density at radius 1 is 1.25 bits per heavy atom. The van der Waals surface area contributed by atoms with Crippen LogP contribution in [0.25, 0.3) is 0 Å². The lowest BCUT2D eigenvalue weighted by Crippen LogP contribution is -2.67. The van der Waals surface area contributed by atoms with Gasteiger partial charge in [-0.05, 0) is 31.0 Å². The third-order valence-electron chi connectivity index (χ3n) is 3.67. The van der Waals surface area contributed by atoms with Crippen molar-refractivity contribution in [2.45, 2.75) is 24.9 Å². The van der Waals surface area contributed by atoms with Gasteiger partial charge in [-0.15, -0.1) is 0 Å². The number of hydrogen-bond donors (Lipinski definition) is 2. The quantitative estimate of drug-likeness (QED) is 0.784. The van der Waals surface area contributed by atoms with Crippen molar-refractivity contribution >= 4 is 5.69 Å². The molecule has 2 bridgehead atoms. The highest BCUT2D eigenvalue weighted by Gasteiger charge is 2.36. The van der Waals surface area contributed by atoms with E-state index in [2.05, 4.69) is 34.5 Å². The summed E-state index contributed by atoms with van der Waals surface area (Å²) in [5.41, 5.74) is 8.45. The third kappa shape index (κ3) is 1.70. The molecule has 3 nitrogen and oxygen atoms in total. The van der Waals surface area contributed by atoms with Gasteiger partial charge in [0.15, 0.2) is 0 Å². The first-order chi connectivity index (χ1) is 7.86. The molecule has 3 heteroatoms. The van der Waals surface area contributed by atoms with Gasteiger partial charge in [0.25, 0.3) is 0 Å². The molecule has 0 spiro atoms.